The fourth-order valence-corrected chi connectivity index (χ4v) is 4.03. The number of aromatic hydroxyl groups is 1. The summed E-state index contributed by atoms with van der Waals surface area (Å²) in [4.78, 5) is 4.80. The van der Waals surface area contributed by atoms with Gasteiger partial charge in [-0.05, 0) is 42.0 Å². The average molecular weight is 504 g/mol. The van der Waals surface area contributed by atoms with Gasteiger partial charge in [0.1, 0.15) is 17.7 Å². The summed E-state index contributed by atoms with van der Waals surface area (Å²) in [6.45, 7) is 0. The summed E-state index contributed by atoms with van der Waals surface area (Å²) in [5.74, 6) is -0.108. The van der Waals surface area contributed by atoms with Gasteiger partial charge in [0.25, 0.3) is 0 Å². The third kappa shape index (κ3) is 4.04. The van der Waals surface area contributed by atoms with Crippen molar-refractivity contribution in [3.05, 3.63) is 98.2 Å². The molecule has 1 aliphatic rings. The number of hydrogen-bond donors (Lipinski definition) is 2. The fraction of sp³-hybridized carbons (Fsp3) is 0.136. The Balaban J connectivity index is 1.79. The summed E-state index contributed by atoms with van der Waals surface area (Å²) in [6, 6.07) is 19.7. The monoisotopic (exact) mass is 502 g/mol. The molecule has 142 valence electrons. The van der Waals surface area contributed by atoms with Crippen LogP contribution >= 0.6 is 31.9 Å². The van der Waals surface area contributed by atoms with Crippen molar-refractivity contribution in [1.82, 2.24) is 5.32 Å². The molecule has 28 heavy (non-hydrogen) atoms. The van der Waals surface area contributed by atoms with Crippen molar-refractivity contribution in [2.75, 3.05) is 0 Å². The van der Waals surface area contributed by atoms with Crippen LogP contribution in [-0.4, -0.2) is 10.8 Å². The predicted molar refractivity (Wildman–Crippen MR) is 116 cm³/mol. The van der Waals surface area contributed by atoms with E-state index in [-0.39, 0.29) is 17.6 Å². The molecule has 3 aromatic carbocycles. The van der Waals surface area contributed by atoms with Crippen molar-refractivity contribution in [3.63, 3.8) is 0 Å². The van der Waals surface area contributed by atoms with Crippen LogP contribution in [0.25, 0.3) is 0 Å². The van der Waals surface area contributed by atoms with Crippen molar-refractivity contribution in [2.24, 2.45) is 4.99 Å². The van der Waals surface area contributed by atoms with Crippen LogP contribution in [0.5, 0.6) is 5.75 Å². The topological polar surface area (TPSA) is 44.6 Å². The van der Waals surface area contributed by atoms with Gasteiger partial charge in [-0.2, -0.15) is 0 Å². The second kappa shape index (κ2) is 8.15. The Hall–Kier alpha value is -2.02. The Morgan fingerprint density at radius 3 is 2.39 bits per heavy atom. The van der Waals surface area contributed by atoms with E-state index in [1.807, 2.05) is 30.3 Å². The van der Waals surface area contributed by atoms with Gasteiger partial charge in [-0.15, -0.1) is 0 Å². The van der Waals surface area contributed by atoms with Gasteiger partial charge in [0.15, 0.2) is 0 Å². The lowest BCUT2D eigenvalue weighted by molar-refractivity contribution is 0.405. The molecule has 2 N–H and O–H groups in total. The maximum absolute atomic E-state index is 14.5. The molecule has 2 atom stereocenters. The van der Waals surface area contributed by atoms with Crippen LogP contribution in [0.1, 0.15) is 35.3 Å². The van der Waals surface area contributed by atoms with Gasteiger partial charge < -0.3 is 5.11 Å². The van der Waals surface area contributed by atoms with Crippen LogP contribution in [0.3, 0.4) is 0 Å². The normalized spacial score (nSPS) is 19.3. The highest BCUT2D eigenvalue weighted by Crippen LogP contribution is 2.36. The lowest BCUT2D eigenvalue weighted by Crippen LogP contribution is -2.33. The number of nitrogens with zero attached hydrogens (tertiary/aromatic N) is 1. The maximum Gasteiger partial charge on any atom is 0.129 e. The van der Waals surface area contributed by atoms with Gasteiger partial charge >= 0.3 is 0 Å². The van der Waals surface area contributed by atoms with E-state index in [2.05, 4.69) is 37.2 Å². The van der Waals surface area contributed by atoms with Gasteiger partial charge in [-0.1, -0.05) is 62.2 Å². The van der Waals surface area contributed by atoms with Crippen molar-refractivity contribution >= 4 is 37.6 Å². The summed E-state index contributed by atoms with van der Waals surface area (Å²) >= 11 is 6.92. The first kappa shape index (κ1) is 19.3. The van der Waals surface area contributed by atoms with Crippen molar-refractivity contribution in [1.29, 1.82) is 0 Å². The highest BCUT2D eigenvalue weighted by Gasteiger charge is 2.29. The minimum Gasteiger partial charge on any atom is -0.508 e. The van der Waals surface area contributed by atoms with Crippen LogP contribution in [0.2, 0.25) is 0 Å². The Morgan fingerprint density at radius 2 is 1.64 bits per heavy atom. The van der Waals surface area contributed by atoms with Crippen LogP contribution in [0.15, 0.2) is 80.7 Å². The van der Waals surface area contributed by atoms with Crippen molar-refractivity contribution < 1.29 is 9.50 Å². The molecule has 3 nitrogen and oxygen atoms in total. The number of phenolic OH excluding ortho intramolecular Hbond substituents is 1. The molecular weight excluding hydrogens is 487 g/mol. The maximum atomic E-state index is 14.5. The van der Waals surface area contributed by atoms with Gasteiger partial charge in [0.05, 0.1) is 0 Å². The zero-order chi connectivity index (χ0) is 19.7. The Morgan fingerprint density at radius 1 is 0.929 bits per heavy atom. The highest BCUT2D eigenvalue weighted by atomic mass is 79.9. The molecule has 0 fully saturated rings. The average Bonchev–Trinajstić information content (AvgIpc) is 2.70. The molecule has 0 aromatic heterocycles. The van der Waals surface area contributed by atoms with E-state index >= 15 is 0 Å². The summed E-state index contributed by atoms with van der Waals surface area (Å²) in [7, 11) is 0. The lowest BCUT2D eigenvalue weighted by atomic mass is 9.93. The molecule has 4 rings (SSSR count). The molecule has 6 heteroatoms. The summed E-state index contributed by atoms with van der Waals surface area (Å²) in [5, 5.41) is 13.8. The van der Waals surface area contributed by atoms with Crippen LogP contribution in [0.4, 0.5) is 4.39 Å². The van der Waals surface area contributed by atoms with E-state index in [9.17, 15) is 9.50 Å². The third-order valence-electron chi connectivity index (χ3n) is 4.78. The minimum atomic E-state index is -0.544. The second-order valence-electron chi connectivity index (χ2n) is 6.63. The molecule has 0 bridgehead atoms. The van der Waals surface area contributed by atoms with Gasteiger partial charge in [-0.25, -0.2) is 4.39 Å². The van der Waals surface area contributed by atoms with E-state index in [1.165, 1.54) is 6.07 Å². The quantitative estimate of drug-likeness (QED) is 0.441. The number of hydrogen-bond acceptors (Lipinski definition) is 3. The molecule has 0 aliphatic carbocycles. The molecular formula is C22H17Br2FN2O. The lowest BCUT2D eigenvalue weighted by Gasteiger charge is -2.31. The van der Waals surface area contributed by atoms with E-state index in [4.69, 9.17) is 4.99 Å². The zero-order valence-electron chi connectivity index (χ0n) is 14.7. The molecule has 0 saturated heterocycles. The third-order valence-corrected chi connectivity index (χ3v) is 5.81. The molecule has 1 heterocycles. The molecule has 0 unspecified atom stereocenters. The Labute approximate surface area is 179 Å². The highest BCUT2D eigenvalue weighted by molar-refractivity contribution is 9.10. The van der Waals surface area contributed by atoms with Crippen LogP contribution in [-0.2, 0) is 0 Å². The Kier molecular flexibility index (Phi) is 5.62. The molecule has 3 aromatic rings. The number of halogens is 3. The summed E-state index contributed by atoms with van der Waals surface area (Å²) in [6.07, 6.45) is 0.0355. The number of aliphatic imine (C=N–C) groups is 1. The SMILES string of the molecule is Oc1ccc(Br)cc1[C@@H]1CC(c2ccc(Br)cc2)=N[C@H](c2ccccc2F)N1. The summed E-state index contributed by atoms with van der Waals surface area (Å²) in [5.41, 5.74) is 3.07. The fourth-order valence-electron chi connectivity index (χ4n) is 3.38. The Bertz CT molecular complexity index is 1040. The molecule has 0 spiro atoms. The number of phenols is 1. The smallest absolute Gasteiger partial charge is 0.129 e. The van der Waals surface area contributed by atoms with Crippen LogP contribution < -0.4 is 5.32 Å². The first-order chi connectivity index (χ1) is 13.5. The summed E-state index contributed by atoms with van der Waals surface area (Å²) < 4.78 is 16.3. The van der Waals surface area contributed by atoms with Gasteiger partial charge in [-0.3, -0.25) is 10.3 Å². The van der Waals surface area contributed by atoms with Gasteiger partial charge in [0, 0.05) is 38.2 Å². The minimum absolute atomic E-state index is 0.199. The van der Waals surface area contributed by atoms with E-state index in [0.29, 0.717) is 12.0 Å². The zero-order valence-corrected chi connectivity index (χ0v) is 17.9. The van der Waals surface area contributed by atoms with E-state index in [0.717, 1.165) is 25.8 Å². The number of benzene rings is 3. The number of nitrogens with one attached hydrogen (secondary N) is 1. The van der Waals surface area contributed by atoms with Crippen molar-refractivity contribution in [3.8, 4) is 5.75 Å². The van der Waals surface area contributed by atoms with Crippen molar-refractivity contribution in [2.45, 2.75) is 18.6 Å². The second-order valence-corrected chi connectivity index (χ2v) is 8.46. The largest absolute Gasteiger partial charge is 0.508 e. The van der Waals surface area contributed by atoms with Gasteiger partial charge in [0.2, 0.25) is 0 Å². The first-order valence-corrected chi connectivity index (χ1v) is 10.4. The molecule has 1 aliphatic heterocycles. The first-order valence-electron chi connectivity index (χ1n) is 8.83. The van der Waals surface area contributed by atoms with Crippen LogP contribution in [0, 0.1) is 5.82 Å². The molecule has 0 saturated carbocycles. The molecule has 0 radical (unpaired) electrons. The van der Waals surface area contributed by atoms with E-state index in [1.54, 1.807) is 30.3 Å². The number of rotatable bonds is 3. The standard InChI is InChI=1S/C22H17Br2FN2O/c23-14-7-5-13(6-8-14)19-12-20(17-11-15(24)9-10-21(17)28)27-22(26-19)16-3-1-2-4-18(16)25/h1-11,20,22,27-28H,12H2/t20-,22-/m0/s1. The molecule has 0 amide bonds. The van der Waals surface area contributed by atoms with E-state index < -0.39 is 6.17 Å². The predicted octanol–water partition coefficient (Wildman–Crippen LogP) is 6.28.